The summed E-state index contributed by atoms with van der Waals surface area (Å²) in [5.41, 5.74) is 2.31. The molecular weight excluding hydrogens is 448 g/mol. The lowest BCUT2D eigenvalue weighted by Crippen LogP contribution is -2.42. The lowest BCUT2D eigenvalue weighted by atomic mass is 9.68. The molecule has 2 aliphatic heterocycles. The van der Waals surface area contributed by atoms with Gasteiger partial charge in [0, 0.05) is 22.6 Å². The number of rotatable bonds is 4. The van der Waals surface area contributed by atoms with Gasteiger partial charge in [0.05, 0.1) is 23.3 Å². The second-order valence-electron chi connectivity index (χ2n) is 9.34. The Kier molecular flexibility index (Phi) is 4.46. The maximum Gasteiger partial charge on any atom is 0.305 e. The number of likely N-dealkylation sites (tertiary alicyclic amines) is 1. The van der Waals surface area contributed by atoms with Gasteiger partial charge in [-0.25, -0.2) is 0 Å². The van der Waals surface area contributed by atoms with E-state index in [1.807, 2.05) is 6.92 Å². The van der Waals surface area contributed by atoms with E-state index in [0.717, 1.165) is 27.5 Å². The van der Waals surface area contributed by atoms with E-state index in [2.05, 4.69) is 29.2 Å². The van der Waals surface area contributed by atoms with Crippen LogP contribution in [-0.4, -0.2) is 44.6 Å². The molecule has 1 aromatic heterocycles. The van der Waals surface area contributed by atoms with E-state index in [9.17, 15) is 19.2 Å². The molecule has 3 heterocycles. The summed E-state index contributed by atoms with van der Waals surface area (Å²) >= 11 is 2.92. The molecule has 1 aromatic carbocycles. The van der Waals surface area contributed by atoms with E-state index in [1.165, 1.54) is 16.2 Å². The number of benzene rings is 1. The van der Waals surface area contributed by atoms with Crippen molar-refractivity contribution in [2.75, 3.05) is 6.54 Å². The Morgan fingerprint density at radius 2 is 1.81 bits per heavy atom. The van der Waals surface area contributed by atoms with Gasteiger partial charge < -0.3 is 10.1 Å². The maximum absolute atomic E-state index is 13.3. The normalized spacial score (nSPS) is 34.5. The second-order valence-corrected chi connectivity index (χ2v) is 11.5. The van der Waals surface area contributed by atoms with E-state index in [4.69, 9.17) is 5.11 Å². The van der Waals surface area contributed by atoms with Crippen LogP contribution in [0.3, 0.4) is 0 Å². The predicted molar refractivity (Wildman–Crippen MR) is 119 cm³/mol. The Hall–Kier alpha value is -2.39. The van der Waals surface area contributed by atoms with E-state index >= 15 is 0 Å². The Morgan fingerprint density at radius 3 is 2.50 bits per heavy atom. The number of aromatic nitrogens is 1. The van der Waals surface area contributed by atoms with E-state index < -0.39 is 5.97 Å². The highest BCUT2D eigenvalue weighted by Crippen LogP contribution is 2.68. The highest BCUT2D eigenvalue weighted by atomic mass is 32.2. The number of imide groups is 1. The number of nitrogens with zero attached hydrogens (tertiary/aromatic N) is 1. The molecule has 2 bridgehead atoms. The van der Waals surface area contributed by atoms with Crippen LogP contribution in [-0.2, 0) is 14.4 Å². The third-order valence-electron chi connectivity index (χ3n) is 7.80. The van der Waals surface area contributed by atoms with Crippen molar-refractivity contribution in [2.24, 2.45) is 29.6 Å². The number of carbonyl (C=O) groups is 3. The molecule has 0 radical (unpaired) electrons. The summed E-state index contributed by atoms with van der Waals surface area (Å²) in [5.74, 6) is -1.83. The molecule has 3 fully saturated rings. The van der Waals surface area contributed by atoms with Crippen molar-refractivity contribution >= 4 is 40.9 Å². The molecule has 2 aromatic rings. The molecule has 2 N–H and O–H groups in total. The van der Waals surface area contributed by atoms with Crippen LogP contribution < -0.4 is 4.87 Å². The number of aliphatic carboxylic acids is 1. The van der Waals surface area contributed by atoms with Crippen LogP contribution in [0.15, 0.2) is 34.1 Å². The minimum atomic E-state index is -1.01. The van der Waals surface area contributed by atoms with Crippen LogP contribution in [0.2, 0.25) is 0 Å². The molecule has 166 valence electrons. The highest BCUT2D eigenvalue weighted by Gasteiger charge is 2.69. The molecule has 2 aliphatic carbocycles. The van der Waals surface area contributed by atoms with Gasteiger partial charge in [-0.2, -0.15) is 0 Å². The second kappa shape index (κ2) is 7.05. The molecule has 2 saturated carbocycles. The van der Waals surface area contributed by atoms with Gasteiger partial charge in [0.2, 0.25) is 11.8 Å². The zero-order valence-corrected chi connectivity index (χ0v) is 18.9. The van der Waals surface area contributed by atoms with Gasteiger partial charge in [-0.05, 0) is 36.7 Å². The van der Waals surface area contributed by atoms with Crippen molar-refractivity contribution in [2.45, 2.75) is 36.0 Å². The third kappa shape index (κ3) is 2.73. The zero-order chi connectivity index (χ0) is 22.3. The van der Waals surface area contributed by atoms with Crippen molar-refractivity contribution in [3.63, 3.8) is 0 Å². The predicted octanol–water partition coefficient (Wildman–Crippen LogP) is 2.69. The van der Waals surface area contributed by atoms with Crippen molar-refractivity contribution < 1.29 is 19.5 Å². The summed E-state index contributed by atoms with van der Waals surface area (Å²) in [4.78, 5) is 54.9. The standard InChI is InChI=1S/C23H22N2O5S2/c1-9-2-4-10(5-3-9)14-15-11-8-12(18(15)31-20-19(14)32-23(30)24-20)17-16(11)21(28)25(22(17)29)7-6-13(26)27/h2-5,11-12,14-18H,6-8H2,1H3,(H,24,30)(H,26,27)/t11-,12+,14+,15+,16+,17-,18-/m1/s1. The Morgan fingerprint density at radius 1 is 1.12 bits per heavy atom. The fourth-order valence-electron chi connectivity index (χ4n) is 6.65. The SMILES string of the molecule is Cc1ccc([C@@H]2c3sc(=O)[nH]c3S[C@@H]3[C@H]4C[C@@H]([C@@H]5C(=O)N(CCC(=O)O)C(=O)[C@H]45)[C@@H]23)cc1. The number of carboxylic acids is 1. The molecule has 0 unspecified atom stereocenters. The molecule has 6 rings (SSSR count). The number of hydrogen-bond acceptors (Lipinski definition) is 6. The van der Waals surface area contributed by atoms with E-state index in [0.29, 0.717) is 0 Å². The third-order valence-corrected chi connectivity index (χ3v) is 10.4. The minimum Gasteiger partial charge on any atom is -0.481 e. The highest BCUT2D eigenvalue weighted by molar-refractivity contribution is 8.00. The largest absolute Gasteiger partial charge is 0.481 e. The summed E-state index contributed by atoms with van der Waals surface area (Å²) in [6, 6.07) is 8.39. The van der Waals surface area contributed by atoms with E-state index in [1.54, 1.807) is 11.8 Å². The van der Waals surface area contributed by atoms with Gasteiger partial charge in [-0.3, -0.25) is 24.1 Å². The van der Waals surface area contributed by atoms with E-state index in [-0.39, 0.29) is 70.4 Å². The molecular formula is C23H22N2O5S2. The van der Waals surface area contributed by atoms with Crippen molar-refractivity contribution in [3.8, 4) is 0 Å². The van der Waals surface area contributed by atoms with Crippen LogP contribution in [0.25, 0.3) is 0 Å². The molecule has 4 aliphatic rings. The molecule has 1 saturated heterocycles. The lowest BCUT2D eigenvalue weighted by Gasteiger charge is -2.43. The number of fused-ring (bicyclic) bond motifs is 9. The Balaban J connectivity index is 1.41. The lowest BCUT2D eigenvalue weighted by molar-refractivity contribution is -0.142. The smallest absolute Gasteiger partial charge is 0.305 e. The first kappa shape index (κ1) is 20.2. The number of thioether (sulfide) groups is 1. The topological polar surface area (TPSA) is 108 Å². The first-order chi connectivity index (χ1) is 15.3. The van der Waals surface area contributed by atoms with Gasteiger partial charge in [-0.1, -0.05) is 41.2 Å². The molecule has 7 atom stereocenters. The number of H-pyrrole nitrogens is 1. The summed E-state index contributed by atoms with van der Waals surface area (Å²) in [7, 11) is 0. The quantitative estimate of drug-likeness (QED) is 0.666. The van der Waals surface area contributed by atoms with Crippen LogP contribution >= 0.6 is 23.1 Å². The van der Waals surface area contributed by atoms with Gasteiger partial charge in [0.1, 0.15) is 0 Å². The van der Waals surface area contributed by atoms with Crippen LogP contribution in [0.4, 0.5) is 0 Å². The average Bonchev–Trinajstić information content (AvgIpc) is 3.47. The van der Waals surface area contributed by atoms with Gasteiger partial charge in [0.25, 0.3) is 0 Å². The Labute approximate surface area is 192 Å². The first-order valence-electron chi connectivity index (χ1n) is 10.9. The first-order valence-corrected chi connectivity index (χ1v) is 12.6. The summed E-state index contributed by atoms with van der Waals surface area (Å²) in [6.45, 7) is 1.99. The molecule has 32 heavy (non-hydrogen) atoms. The summed E-state index contributed by atoms with van der Waals surface area (Å²) < 4.78 is 0. The fraction of sp³-hybridized carbons (Fsp3) is 0.478. The number of aromatic amines is 1. The van der Waals surface area contributed by atoms with Crippen molar-refractivity contribution in [3.05, 3.63) is 49.9 Å². The maximum atomic E-state index is 13.3. The monoisotopic (exact) mass is 470 g/mol. The minimum absolute atomic E-state index is 0.0210. The number of aryl methyl sites for hydroxylation is 1. The number of nitrogens with one attached hydrogen (secondary N) is 1. The number of thiazole rings is 1. The summed E-state index contributed by atoms with van der Waals surface area (Å²) in [5, 5.41) is 10.1. The van der Waals surface area contributed by atoms with Crippen LogP contribution in [0, 0.1) is 36.5 Å². The number of carboxylic acid groups (broad SMARTS) is 1. The zero-order valence-electron chi connectivity index (χ0n) is 17.3. The van der Waals surface area contributed by atoms with Crippen molar-refractivity contribution in [1.29, 1.82) is 0 Å². The molecule has 7 nitrogen and oxygen atoms in total. The van der Waals surface area contributed by atoms with Crippen LogP contribution in [0.1, 0.15) is 34.8 Å². The van der Waals surface area contributed by atoms with Gasteiger partial charge >= 0.3 is 10.8 Å². The Bertz CT molecular complexity index is 1200. The molecule has 9 heteroatoms. The van der Waals surface area contributed by atoms with Crippen molar-refractivity contribution in [1.82, 2.24) is 9.88 Å². The molecule has 0 spiro atoms. The van der Waals surface area contributed by atoms with Crippen LogP contribution in [0.5, 0.6) is 0 Å². The number of hydrogen-bond donors (Lipinski definition) is 2. The number of amides is 2. The fourth-order valence-corrected chi connectivity index (χ4v) is 9.54. The number of carbonyl (C=O) groups excluding carboxylic acids is 2. The van der Waals surface area contributed by atoms with Gasteiger partial charge in [-0.15, -0.1) is 11.8 Å². The molecule has 2 amide bonds. The van der Waals surface area contributed by atoms with Gasteiger partial charge in [0.15, 0.2) is 0 Å². The average molecular weight is 471 g/mol. The summed E-state index contributed by atoms with van der Waals surface area (Å²) in [6.07, 6.45) is 0.613.